The molecule has 0 saturated carbocycles. The number of unbranched alkanes of at least 4 members (excludes halogenated alkanes) is 7. The Kier molecular flexibility index (Phi) is 12.8. The number of nitrogens with zero attached hydrogens (tertiary/aromatic N) is 2. The summed E-state index contributed by atoms with van der Waals surface area (Å²) in [5.41, 5.74) is 2.44. The lowest BCUT2D eigenvalue weighted by molar-refractivity contribution is 0.375. The standard InChI is InChI=1S/C22H35N3O.ClH/c1-3-4-5-6-7-8-9-10-12-19-14-16-20(17-15-19)22-24-21(26-25-22)13-11-18-23-2;/h14-17,23H,3-13,18H2,1-2H3;1H. The van der Waals surface area contributed by atoms with Gasteiger partial charge in [-0.25, -0.2) is 0 Å². The van der Waals surface area contributed by atoms with Gasteiger partial charge in [0.1, 0.15) is 0 Å². The fraction of sp³-hybridized carbons (Fsp3) is 0.636. The molecule has 1 heterocycles. The van der Waals surface area contributed by atoms with Crippen LogP contribution in [0.5, 0.6) is 0 Å². The van der Waals surface area contributed by atoms with E-state index in [2.05, 4.69) is 46.6 Å². The zero-order chi connectivity index (χ0) is 18.5. The van der Waals surface area contributed by atoms with Crippen molar-refractivity contribution in [1.82, 2.24) is 15.5 Å². The zero-order valence-electron chi connectivity index (χ0n) is 17.0. The van der Waals surface area contributed by atoms with E-state index in [1.54, 1.807) is 0 Å². The molecule has 0 radical (unpaired) electrons. The summed E-state index contributed by atoms with van der Waals surface area (Å²) in [6.45, 7) is 3.24. The number of hydrogen-bond donors (Lipinski definition) is 1. The number of hydrogen-bond acceptors (Lipinski definition) is 4. The fourth-order valence-corrected chi connectivity index (χ4v) is 3.17. The third-order valence-corrected chi connectivity index (χ3v) is 4.82. The Morgan fingerprint density at radius 2 is 1.52 bits per heavy atom. The van der Waals surface area contributed by atoms with Crippen LogP contribution in [0.25, 0.3) is 11.4 Å². The van der Waals surface area contributed by atoms with Crippen LogP contribution in [0.4, 0.5) is 0 Å². The molecule has 0 aliphatic rings. The highest BCUT2D eigenvalue weighted by molar-refractivity contribution is 5.85. The SMILES string of the molecule is CCCCCCCCCCc1ccc(-c2noc(CCCNC)n2)cc1.Cl. The van der Waals surface area contributed by atoms with Gasteiger partial charge in [0, 0.05) is 12.0 Å². The van der Waals surface area contributed by atoms with E-state index in [1.165, 1.54) is 56.9 Å². The van der Waals surface area contributed by atoms with Crippen molar-refractivity contribution in [1.29, 1.82) is 0 Å². The molecule has 1 aromatic carbocycles. The molecule has 1 N–H and O–H groups in total. The number of aryl methyl sites for hydroxylation is 2. The number of halogens is 1. The molecule has 2 aromatic rings. The van der Waals surface area contributed by atoms with Gasteiger partial charge in [-0.05, 0) is 38.4 Å². The molecule has 0 saturated heterocycles. The van der Waals surface area contributed by atoms with Gasteiger partial charge in [-0.15, -0.1) is 12.4 Å². The Morgan fingerprint density at radius 3 is 2.19 bits per heavy atom. The third kappa shape index (κ3) is 9.39. The van der Waals surface area contributed by atoms with E-state index in [4.69, 9.17) is 4.52 Å². The Hall–Kier alpha value is -1.39. The minimum Gasteiger partial charge on any atom is -0.339 e. The molecule has 27 heavy (non-hydrogen) atoms. The smallest absolute Gasteiger partial charge is 0.227 e. The molecule has 0 amide bonds. The first-order valence-corrected chi connectivity index (χ1v) is 10.4. The highest BCUT2D eigenvalue weighted by Crippen LogP contribution is 2.18. The van der Waals surface area contributed by atoms with Crippen LogP contribution in [-0.4, -0.2) is 23.7 Å². The molecule has 152 valence electrons. The largest absolute Gasteiger partial charge is 0.339 e. The summed E-state index contributed by atoms with van der Waals surface area (Å²) in [5.74, 6) is 1.42. The van der Waals surface area contributed by atoms with Crippen LogP contribution in [0.15, 0.2) is 28.8 Å². The summed E-state index contributed by atoms with van der Waals surface area (Å²) in [6, 6.07) is 8.63. The molecule has 0 aliphatic carbocycles. The van der Waals surface area contributed by atoms with Crippen molar-refractivity contribution >= 4 is 12.4 Å². The summed E-state index contributed by atoms with van der Waals surface area (Å²) in [5, 5.41) is 7.23. The van der Waals surface area contributed by atoms with Crippen LogP contribution in [0, 0.1) is 0 Å². The fourth-order valence-electron chi connectivity index (χ4n) is 3.17. The highest BCUT2D eigenvalue weighted by Gasteiger charge is 2.08. The maximum absolute atomic E-state index is 5.33. The van der Waals surface area contributed by atoms with E-state index in [0.29, 0.717) is 5.82 Å². The third-order valence-electron chi connectivity index (χ3n) is 4.82. The van der Waals surface area contributed by atoms with Crippen molar-refractivity contribution < 1.29 is 4.52 Å². The van der Waals surface area contributed by atoms with Gasteiger partial charge in [-0.2, -0.15) is 4.98 Å². The van der Waals surface area contributed by atoms with Crippen molar-refractivity contribution in [2.75, 3.05) is 13.6 Å². The summed E-state index contributed by atoms with van der Waals surface area (Å²) in [4.78, 5) is 4.49. The Morgan fingerprint density at radius 1 is 0.852 bits per heavy atom. The van der Waals surface area contributed by atoms with Gasteiger partial charge in [0.15, 0.2) is 0 Å². The minimum absolute atomic E-state index is 0. The van der Waals surface area contributed by atoms with E-state index >= 15 is 0 Å². The van der Waals surface area contributed by atoms with Gasteiger partial charge >= 0.3 is 0 Å². The van der Waals surface area contributed by atoms with E-state index in [9.17, 15) is 0 Å². The topological polar surface area (TPSA) is 51.0 Å². The monoisotopic (exact) mass is 393 g/mol. The molecule has 0 atom stereocenters. The number of nitrogens with one attached hydrogen (secondary N) is 1. The van der Waals surface area contributed by atoms with E-state index < -0.39 is 0 Å². The van der Waals surface area contributed by atoms with Crippen molar-refractivity contribution in [3.05, 3.63) is 35.7 Å². The van der Waals surface area contributed by atoms with Gasteiger partial charge in [-0.3, -0.25) is 0 Å². The number of rotatable bonds is 14. The van der Waals surface area contributed by atoms with Gasteiger partial charge in [0.05, 0.1) is 0 Å². The second-order valence-electron chi connectivity index (χ2n) is 7.14. The lowest BCUT2D eigenvalue weighted by Crippen LogP contribution is -2.08. The van der Waals surface area contributed by atoms with E-state index in [-0.39, 0.29) is 12.4 Å². The van der Waals surface area contributed by atoms with E-state index in [0.717, 1.165) is 37.3 Å². The Labute approximate surface area is 170 Å². The molecule has 1 aromatic heterocycles. The van der Waals surface area contributed by atoms with Crippen LogP contribution in [0.2, 0.25) is 0 Å². The Balaban J connectivity index is 0.00000364. The molecular weight excluding hydrogens is 358 g/mol. The predicted molar refractivity (Wildman–Crippen MR) is 116 cm³/mol. The average molecular weight is 394 g/mol. The van der Waals surface area contributed by atoms with Gasteiger partial charge in [0.2, 0.25) is 11.7 Å². The Bertz CT molecular complexity index is 598. The molecule has 4 nitrogen and oxygen atoms in total. The van der Waals surface area contributed by atoms with Gasteiger partial charge in [0.25, 0.3) is 0 Å². The average Bonchev–Trinajstić information content (AvgIpc) is 3.13. The van der Waals surface area contributed by atoms with Crippen LogP contribution in [-0.2, 0) is 12.8 Å². The summed E-state index contributed by atoms with van der Waals surface area (Å²) in [6.07, 6.45) is 13.9. The van der Waals surface area contributed by atoms with Crippen molar-refractivity contribution in [3.63, 3.8) is 0 Å². The van der Waals surface area contributed by atoms with Crippen molar-refractivity contribution in [3.8, 4) is 11.4 Å². The van der Waals surface area contributed by atoms with Crippen LogP contribution < -0.4 is 5.32 Å². The molecule has 0 spiro atoms. The molecule has 5 heteroatoms. The number of aromatic nitrogens is 2. The zero-order valence-corrected chi connectivity index (χ0v) is 17.8. The first-order chi connectivity index (χ1) is 12.8. The van der Waals surface area contributed by atoms with Crippen molar-refractivity contribution in [2.24, 2.45) is 0 Å². The molecule has 0 aliphatic heterocycles. The van der Waals surface area contributed by atoms with E-state index in [1.807, 2.05) is 7.05 Å². The normalized spacial score (nSPS) is 10.7. The van der Waals surface area contributed by atoms with Crippen molar-refractivity contribution in [2.45, 2.75) is 77.6 Å². The maximum Gasteiger partial charge on any atom is 0.227 e. The number of benzene rings is 1. The summed E-state index contributed by atoms with van der Waals surface area (Å²) >= 11 is 0. The van der Waals surface area contributed by atoms with Gasteiger partial charge < -0.3 is 9.84 Å². The molecule has 0 bridgehead atoms. The molecule has 0 unspecified atom stereocenters. The molecular formula is C22H36ClN3O. The summed E-state index contributed by atoms with van der Waals surface area (Å²) in [7, 11) is 1.95. The van der Waals surface area contributed by atoms with Gasteiger partial charge in [-0.1, -0.05) is 81.3 Å². The minimum atomic E-state index is 0. The molecule has 0 fully saturated rings. The quantitative estimate of drug-likeness (QED) is 0.400. The lowest BCUT2D eigenvalue weighted by atomic mass is 10.0. The van der Waals surface area contributed by atoms with Crippen LogP contribution >= 0.6 is 12.4 Å². The first kappa shape index (κ1) is 23.6. The van der Waals surface area contributed by atoms with Crippen LogP contribution in [0.3, 0.4) is 0 Å². The summed E-state index contributed by atoms with van der Waals surface area (Å²) < 4.78 is 5.33. The second-order valence-corrected chi connectivity index (χ2v) is 7.14. The first-order valence-electron chi connectivity index (χ1n) is 10.4. The highest BCUT2D eigenvalue weighted by atomic mass is 35.5. The molecule has 2 rings (SSSR count). The van der Waals surface area contributed by atoms with Crippen LogP contribution in [0.1, 0.15) is 76.2 Å². The predicted octanol–water partition coefficient (Wildman–Crippen LogP) is 5.99. The maximum atomic E-state index is 5.33. The lowest BCUT2D eigenvalue weighted by Gasteiger charge is -2.03. The second kappa shape index (κ2) is 14.6.